The Kier molecular flexibility index (Phi) is 16.7. The number of nitrogens with zero attached hydrogens (tertiary/aromatic N) is 1. The Morgan fingerprint density at radius 2 is 1.58 bits per heavy atom. The summed E-state index contributed by atoms with van der Waals surface area (Å²) in [5, 5.41) is 0. The average Bonchev–Trinajstić information content (AvgIpc) is 1.97. The molecule has 0 saturated carbocycles. The number of hydrogen-bond acceptors (Lipinski definition) is 2. The van der Waals surface area contributed by atoms with Crippen LogP contribution in [-0.4, -0.2) is 43.1 Å². The van der Waals surface area contributed by atoms with Gasteiger partial charge in [-0.15, -0.1) is 0 Å². The lowest BCUT2D eigenvalue weighted by atomic mass is 10.2. The second-order valence-electron chi connectivity index (χ2n) is 3.40. The predicted molar refractivity (Wildman–Crippen MR) is 59.6 cm³/mol. The molecular weight excluding hydrogens is 166 g/mol. The summed E-state index contributed by atoms with van der Waals surface area (Å²) in [6, 6.07) is 0. The number of unbranched alkanes of at least 4 members (excludes halogenated alkanes) is 3. The smallest absolute Gasteiger partial charge is 0.145 e. The van der Waals surface area contributed by atoms with Gasteiger partial charge in [0.1, 0.15) is 10.5 Å². The van der Waals surface area contributed by atoms with Gasteiger partial charge in [0, 0.05) is 6.61 Å². The molecule has 0 aromatic rings. The second kappa shape index (κ2) is 13.7. The first-order valence-corrected chi connectivity index (χ1v) is 5.56. The zero-order chi connectivity index (χ0) is 9.82. The second-order valence-corrected chi connectivity index (χ2v) is 3.97. The topological polar surface area (TPSA) is 12.5 Å². The van der Waals surface area contributed by atoms with Gasteiger partial charge in [0.05, 0.1) is 0 Å². The normalized spacial score (nSPS) is 9.75. The van der Waals surface area contributed by atoms with Crippen LogP contribution in [0.3, 0.4) is 0 Å². The molecule has 12 heavy (non-hydrogen) atoms. The molecule has 0 amide bonds. The van der Waals surface area contributed by atoms with Crippen molar-refractivity contribution in [3.63, 3.8) is 0 Å². The lowest BCUT2D eigenvalue weighted by Crippen LogP contribution is -1.99. The number of rotatable bonds is 5. The first-order chi connectivity index (χ1) is 5.65. The molecule has 0 saturated heterocycles. The van der Waals surface area contributed by atoms with Crippen LogP contribution in [0.4, 0.5) is 0 Å². The molecule has 2 nitrogen and oxygen atoms in total. The summed E-state index contributed by atoms with van der Waals surface area (Å²) in [6.45, 7) is 3.22. The summed E-state index contributed by atoms with van der Waals surface area (Å²) in [5.41, 5.74) is 0. The molecule has 0 spiro atoms. The van der Waals surface area contributed by atoms with E-state index in [4.69, 9.17) is 4.43 Å². The van der Waals surface area contributed by atoms with Gasteiger partial charge in [-0.05, 0) is 27.6 Å². The maximum Gasteiger partial charge on any atom is 0.145 e. The highest BCUT2D eigenvalue weighted by atomic mass is 28.2. The molecule has 0 aromatic heterocycles. The third kappa shape index (κ3) is 32.1. The van der Waals surface area contributed by atoms with Gasteiger partial charge < -0.3 is 9.33 Å². The fourth-order valence-corrected chi connectivity index (χ4v) is 0.962. The molecule has 0 N–H and O–H groups in total. The fraction of sp³-hybridized carbons (Fsp3) is 1.00. The lowest BCUT2D eigenvalue weighted by Gasteiger charge is -1.95. The summed E-state index contributed by atoms with van der Waals surface area (Å²) in [5.74, 6) is 0. The first-order valence-electron chi connectivity index (χ1n) is 4.75. The molecule has 3 heteroatoms. The van der Waals surface area contributed by atoms with Gasteiger partial charge in [-0.2, -0.15) is 0 Å². The Bertz CT molecular complexity index is 60.8. The zero-order valence-corrected chi connectivity index (χ0v) is 11.4. The van der Waals surface area contributed by atoms with Crippen molar-refractivity contribution in [2.45, 2.75) is 32.6 Å². The first kappa shape index (κ1) is 14.6. The van der Waals surface area contributed by atoms with Crippen molar-refractivity contribution in [3.05, 3.63) is 0 Å². The van der Waals surface area contributed by atoms with Gasteiger partial charge in [-0.3, -0.25) is 0 Å². The van der Waals surface area contributed by atoms with Gasteiger partial charge in [-0.1, -0.05) is 26.2 Å². The van der Waals surface area contributed by atoms with E-state index < -0.39 is 0 Å². The van der Waals surface area contributed by atoms with Gasteiger partial charge >= 0.3 is 0 Å². The molecule has 0 aliphatic rings. The standard InChI is InChI=1S/C6H16OSi.C3H9N/c1-2-3-4-5-6-7-8;1-4(2)3/h2-6H2,1,8H3;1-3H3. The summed E-state index contributed by atoms with van der Waals surface area (Å²) in [6.07, 6.45) is 5.29. The van der Waals surface area contributed by atoms with Crippen LogP contribution in [0.1, 0.15) is 32.6 Å². The minimum Gasteiger partial charge on any atom is -0.428 e. The van der Waals surface area contributed by atoms with E-state index in [-0.39, 0.29) is 0 Å². The predicted octanol–water partition coefficient (Wildman–Crippen LogP) is 1.04. The van der Waals surface area contributed by atoms with Crippen molar-refractivity contribution in [2.75, 3.05) is 27.7 Å². The van der Waals surface area contributed by atoms with E-state index >= 15 is 0 Å². The summed E-state index contributed by atoms with van der Waals surface area (Å²) < 4.78 is 5.03. The van der Waals surface area contributed by atoms with Crippen molar-refractivity contribution < 1.29 is 4.43 Å². The van der Waals surface area contributed by atoms with Crippen LogP contribution in [0.25, 0.3) is 0 Å². The molecule has 0 radical (unpaired) electrons. The molecular formula is C9H25NOSi. The zero-order valence-electron chi connectivity index (χ0n) is 9.39. The van der Waals surface area contributed by atoms with Crippen molar-refractivity contribution in [2.24, 2.45) is 0 Å². The molecule has 0 heterocycles. The largest absolute Gasteiger partial charge is 0.428 e. The molecule has 0 unspecified atom stereocenters. The Balaban J connectivity index is 0. The van der Waals surface area contributed by atoms with Gasteiger partial charge in [-0.25, -0.2) is 0 Å². The molecule has 0 aromatic carbocycles. The maximum atomic E-state index is 5.03. The SMILES string of the molecule is CCCCCCO[SiH3].CN(C)C. The lowest BCUT2D eigenvalue weighted by molar-refractivity contribution is 0.334. The Labute approximate surface area is 80.8 Å². The van der Waals surface area contributed by atoms with E-state index in [9.17, 15) is 0 Å². The van der Waals surface area contributed by atoms with Crippen LogP contribution in [0.15, 0.2) is 0 Å². The Morgan fingerprint density at radius 3 is 1.92 bits per heavy atom. The maximum absolute atomic E-state index is 5.03. The monoisotopic (exact) mass is 191 g/mol. The molecule has 0 bridgehead atoms. The van der Waals surface area contributed by atoms with E-state index in [1.807, 2.05) is 26.0 Å². The van der Waals surface area contributed by atoms with Crippen molar-refractivity contribution in [3.8, 4) is 0 Å². The average molecular weight is 191 g/mol. The summed E-state index contributed by atoms with van der Waals surface area (Å²) in [4.78, 5) is 2.00. The highest BCUT2D eigenvalue weighted by molar-refractivity contribution is 5.97. The Hall–Kier alpha value is 0.137. The highest BCUT2D eigenvalue weighted by Crippen LogP contribution is 1.97. The third-order valence-corrected chi connectivity index (χ3v) is 1.61. The molecule has 76 valence electrons. The van der Waals surface area contributed by atoms with Crippen molar-refractivity contribution in [1.82, 2.24) is 4.90 Å². The minimum absolute atomic E-state index is 0.907. The van der Waals surface area contributed by atoms with Crippen molar-refractivity contribution in [1.29, 1.82) is 0 Å². The molecule has 0 aliphatic heterocycles. The van der Waals surface area contributed by atoms with Crippen LogP contribution in [0.2, 0.25) is 0 Å². The van der Waals surface area contributed by atoms with E-state index in [0.29, 0.717) is 0 Å². The molecule has 0 fully saturated rings. The van der Waals surface area contributed by atoms with Crippen LogP contribution >= 0.6 is 0 Å². The third-order valence-electron chi connectivity index (χ3n) is 1.20. The van der Waals surface area contributed by atoms with Crippen LogP contribution in [-0.2, 0) is 4.43 Å². The van der Waals surface area contributed by atoms with Gasteiger partial charge in [0.25, 0.3) is 0 Å². The highest BCUT2D eigenvalue weighted by Gasteiger charge is 1.83. The van der Waals surface area contributed by atoms with E-state index in [0.717, 1.165) is 17.1 Å². The molecule has 0 aliphatic carbocycles. The van der Waals surface area contributed by atoms with E-state index in [2.05, 4.69) is 6.92 Å². The summed E-state index contributed by atoms with van der Waals surface area (Å²) >= 11 is 0. The molecule has 0 rings (SSSR count). The van der Waals surface area contributed by atoms with Crippen LogP contribution in [0.5, 0.6) is 0 Å². The molecule has 0 atom stereocenters. The van der Waals surface area contributed by atoms with Crippen molar-refractivity contribution >= 4 is 10.5 Å². The number of hydrogen-bond donors (Lipinski definition) is 0. The fourth-order valence-electron chi connectivity index (χ4n) is 0.673. The van der Waals surface area contributed by atoms with E-state index in [1.165, 1.54) is 25.7 Å². The van der Waals surface area contributed by atoms with Gasteiger partial charge in [0.2, 0.25) is 0 Å². The van der Waals surface area contributed by atoms with Crippen LogP contribution in [0, 0.1) is 0 Å². The summed E-state index contributed by atoms with van der Waals surface area (Å²) in [7, 11) is 6.91. The Morgan fingerprint density at radius 1 is 1.08 bits per heavy atom. The minimum atomic E-state index is 0.907. The quantitative estimate of drug-likeness (QED) is 0.476. The van der Waals surface area contributed by atoms with E-state index in [1.54, 1.807) is 0 Å². The van der Waals surface area contributed by atoms with Crippen LogP contribution < -0.4 is 0 Å². The van der Waals surface area contributed by atoms with Gasteiger partial charge in [0.15, 0.2) is 0 Å².